The highest BCUT2D eigenvalue weighted by atomic mass is 35.5. The average Bonchev–Trinajstić information content (AvgIpc) is 2.90. The highest BCUT2D eigenvalue weighted by Crippen LogP contribution is 2.25. The quantitative estimate of drug-likeness (QED) is 0.884. The summed E-state index contributed by atoms with van der Waals surface area (Å²) in [5.41, 5.74) is 0.974. The number of carbonyl (C=O) groups excluding carboxylic acids is 1. The van der Waals surface area contributed by atoms with Crippen molar-refractivity contribution in [1.82, 2.24) is 4.72 Å². The molecule has 1 N–H and O–H groups in total. The molecule has 0 aliphatic carbocycles. The van der Waals surface area contributed by atoms with E-state index >= 15 is 0 Å². The van der Waals surface area contributed by atoms with Gasteiger partial charge in [0, 0.05) is 17.3 Å². The van der Waals surface area contributed by atoms with Gasteiger partial charge >= 0.3 is 0 Å². The van der Waals surface area contributed by atoms with Crippen LogP contribution in [0.3, 0.4) is 0 Å². The molecule has 2 aromatic rings. The summed E-state index contributed by atoms with van der Waals surface area (Å²) in [7, 11) is -3.86. The molecule has 0 saturated carbocycles. The third kappa shape index (κ3) is 3.68. The number of anilines is 1. The van der Waals surface area contributed by atoms with Crippen LogP contribution in [0.2, 0.25) is 5.02 Å². The second kappa shape index (κ2) is 6.74. The summed E-state index contributed by atoms with van der Waals surface area (Å²) < 4.78 is 40.7. The molecule has 1 fully saturated rings. The van der Waals surface area contributed by atoms with Crippen LogP contribution in [0.15, 0.2) is 47.4 Å². The Bertz CT molecular complexity index is 933. The van der Waals surface area contributed by atoms with Crippen molar-refractivity contribution in [2.75, 3.05) is 11.4 Å². The first-order chi connectivity index (χ1) is 11.8. The number of carbonyl (C=O) groups is 1. The van der Waals surface area contributed by atoms with Gasteiger partial charge in [-0.1, -0.05) is 17.7 Å². The minimum absolute atomic E-state index is 0.00359. The van der Waals surface area contributed by atoms with Crippen molar-refractivity contribution in [2.45, 2.75) is 24.3 Å². The number of rotatable bonds is 4. The number of aryl methyl sites for hydroxylation is 1. The van der Waals surface area contributed by atoms with Gasteiger partial charge in [-0.3, -0.25) is 4.79 Å². The molecule has 0 aromatic heterocycles. The van der Waals surface area contributed by atoms with Gasteiger partial charge in [-0.2, -0.15) is 4.72 Å². The Morgan fingerprint density at radius 1 is 1.24 bits per heavy atom. The SMILES string of the molecule is Cc1cc(N2CC[C@@H](NS(=O)(=O)c3cccc(Cl)c3)C2=O)ccc1F. The van der Waals surface area contributed by atoms with Crippen LogP contribution < -0.4 is 9.62 Å². The summed E-state index contributed by atoms with van der Waals surface area (Å²) in [6.45, 7) is 1.96. The zero-order chi connectivity index (χ0) is 18.2. The van der Waals surface area contributed by atoms with Crippen LogP contribution in [0.1, 0.15) is 12.0 Å². The number of nitrogens with one attached hydrogen (secondary N) is 1. The number of hydrogen-bond donors (Lipinski definition) is 1. The van der Waals surface area contributed by atoms with Crippen LogP contribution in [0, 0.1) is 12.7 Å². The molecule has 2 aromatic carbocycles. The van der Waals surface area contributed by atoms with Gasteiger partial charge in [0.1, 0.15) is 11.9 Å². The molecule has 1 aliphatic heterocycles. The molecule has 0 radical (unpaired) electrons. The Hall–Kier alpha value is -1.96. The van der Waals surface area contributed by atoms with Gasteiger partial charge in [-0.05, 0) is 55.3 Å². The lowest BCUT2D eigenvalue weighted by molar-refractivity contribution is -0.118. The fourth-order valence-electron chi connectivity index (χ4n) is 2.73. The topological polar surface area (TPSA) is 66.5 Å². The van der Waals surface area contributed by atoms with Gasteiger partial charge in [0.15, 0.2) is 0 Å². The number of halogens is 2. The lowest BCUT2D eigenvalue weighted by Crippen LogP contribution is -2.41. The molecular formula is C17H16ClFN2O3S. The second-order valence-electron chi connectivity index (χ2n) is 5.84. The van der Waals surface area contributed by atoms with E-state index in [9.17, 15) is 17.6 Å². The van der Waals surface area contributed by atoms with E-state index in [-0.39, 0.29) is 16.6 Å². The van der Waals surface area contributed by atoms with E-state index in [4.69, 9.17) is 11.6 Å². The average molecular weight is 383 g/mol. The lowest BCUT2D eigenvalue weighted by atomic mass is 10.2. The molecule has 1 atom stereocenters. The smallest absolute Gasteiger partial charge is 0.245 e. The predicted octanol–water partition coefficient (Wildman–Crippen LogP) is 2.87. The van der Waals surface area contributed by atoms with Crippen molar-refractivity contribution in [1.29, 1.82) is 0 Å². The van der Waals surface area contributed by atoms with Crippen molar-refractivity contribution in [3.63, 3.8) is 0 Å². The van der Waals surface area contributed by atoms with Crippen molar-refractivity contribution < 1.29 is 17.6 Å². The molecule has 3 rings (SSSR count). The van der Waals surface area contributed by atoms with Gasteiger partial charge < -0.3 is 4.90 Å². The number of hydrogen-bond acceptors (Lipinski definition) is 3. The normalized spacial score (nSPS) is 18.0. The molecule has 0 spiro atoms. The zero-order valence-corrected chi connectivity index (χ0v) is 14.9. The Morgan fingerprint density at radius 2 is 2.00 bits per heavy atom. The molecule has 1 aliphatic rings. The van der Waals surface area contributed by atoms with Crippen molar-refractivity contribution in [2.24, 2.45) is 0 Å². The van der Waals surface area contributed by atoms with Crippen LogP contribution >= 0.6 is 11.6 Å². The lowest BCUT2D eigenvalue weighted by Gasteiger charge is -2.18. The third-order valence-electron chi connectivity index (χ3n) is 4.06. The maximum Gasteiger partial charge on any atom is 0.245 e. The molecule has 1 heterocycles. The molecule has 5 nitrogen and oxygen atoms in total. The van der Waals surface area contributed by atoms with E-state index < -0.39 is 16.1 Å². The Labute approximate surface area is 150 Å². The maximum absolute atomic E-state index is 13.4. The molecule has 1 saturated heterocycles. The first-order valence-corrected chi connectivity index (χ1v) is 9.49. The van der Waals surface area contributed by atoms with Gasteiger partial charge in [0.2, 0.25) is 15.9 Å². The molecule has 25 heavy (non-hydrogen) atoms. The van der Waals surface area contributed by atoms with E-state index in [1.54, 1.807) is 19.1 Å². The van der Waals surface area contributed by atoms with Gasteiger partial charge in [-0.25, -0.2) is 12.8 Å². The first-order valence-electron chi connectivity index (χ1n) is 7.63. The second-order valence-corrected chi connectivity index (χ2v) is 7.99. The van der Waals surface area contributed by atoms with Crippen LogP contribution in [-0.4, -0.2) is 26.9 Å². The summed E-state index contributed by atoms with van der Waals surface area (Å²) in [5.74, 6) is -0.717. The first kappa shape index (κ1) is 17.8. The van der Waals surface area contributed by atoms with E-state index in [0.717, 1.165) is 0 Å². The van der Waals surface area contributed by atoms with Crippen molar-refractivity contribution >= 4 is 33.2 Å². The standard InChI is InChI=1S/C17H16ClFN2O3S/c1-11-9-13(5-6-15(11)19)21-8-7-16(17(21)22)20-25(23,24)14-4-2-3-12(18)10-14/h2-6,9-10,16,20H,7-8H2,1H3/t16-/m1/s1. The maximum atomic E-state index is 13.4. The van der Waals surface area contributed by atoms with Crippen LogP contribution in [0.25, 0.3) is 0 Å². The van der Waals surface area contributed by atoms with Crippen molar-refractivity contribution in [3.8, 4) is 0 Å². The van der Waals surface area contributed by atoms with E-state index in [0.29, 0.717) is 29.2 Å². The largest absolute Gasteiger partial charge is 0.311 e. The third-order valence-corrected chi connectivity index (χ3v) is 5.77. The highest BCUT2D eigenvalue weighted by molar-refractivity contribution is 7.89. The number of nitrogens with zero attached hydrogens (tertiary/aromatic N) is 1. The fourth-order valence-corrected chi connectivity index (χ4v) is 4.26. The predicted molar refractivity (Wildman–Crippen MR) is 93.7 cm³/mol. The summed E-state index contributed by atoms with van der Waals surface area (Å²) in [6.07, 6.45) is 0.328. The minimum Gasteiger partial charge on any atom is -0.311 e. The van der Waals surface area contributed by atoms with Crippen LogP contribution in [-0.2, 0) is 14.8 Å². The molecule has 132 valence electrons. The number of benzene rings is 2. The molecule has 1 amide bonds. The van der Waals surface area contributed by atoms with Gasteiger partial charge in [0.25, 0.3) is 0 Å². The molecule has 0 bridgehead atoms. The zero-order valence-electron chi connectivity index (χ0n) is 13.4. The summed E-state index contributed by atoms with van der Waals surface area (Å²) in [5, 5.41) is 0.295. The summed E-state index contributed by atoms with van der Waals surface area (Å²) >= 11 is 5.83. The van der Waals surface area contributed by atoms with Crippen LogP contribution in [0.4, 0.5) is 10.1 Å². The monoisotopic (exact) mass is 382 g/mol. The Morgan fingerprint density at radius 3 is 2.68 bits per heavy atom. The summed E-state index contributed by atoms with van der Waals surface area (Å²) in [6, 6.07) is 9.34. The Kier molecular flexibility index (Phi) is 4.81. The van der Waals surface area contributed by atoms with Gasteiger partial charge in [-0.15, -0.1) is 0 Å². The highest BCUT2D eigenvalue weighted by Gasteiger charge is 2.35. The van der Waals surface area contributed by atoms with Crippen LogP contribution in [0.5, 0.6) is 0 Å². The Balaban J connectivity index is 1.79. The molecular weight excluding hydrogens is 367 g/mol. The van der Waals surface area contributed by atoms with Gasteiger partial charge in [0.05, 0.1) is 4.90 Å². The van der Waals surface area contributed by atoms with E-state index in [2.05, 4.69) is 4.72 Å². The minimum atomic E-state index is -3.86. The van der Waals surface area contributed by atoms with Crippen molar-refractivity contribution in [3.05, 3.63) is 58.9 Å². The van der Waals surface area contributed by atoms with E-state index in [1.807, 2.05) is 0 Å². The number of sulfonamides is 1. The fraction of sp³-hybridized carbons (Fsp3) is 0.235. The number of amides is 1. The van der Waals surface area contributed by atoms with E-state index in [1.165, 1.54) is 35.2 Å². The summed E-state index contributed by atoms with van der Waals surface area (Å²) in [4.78, 5) is 14.0. The molecule has 0 unspecified atom stereocenters. The molecule has 8 heteroatoms.